The first kappa shape index (κ1) is 14.7. The summed E-state index contributed by atoms with van der Waals surface area (Å²) in [6, 6.07) is 8.00. The predicted octanol–water partition coefficient (Wildman–Crippen LogP) is 2.97. The van der Waals surface area contributed by atoms with Crippen molar-refractivity contribution in [1.82, 2.24) is 0 Å². The number of rotatable bonds is 4. The van der Waals surface area contributed by atoms with E-state index in [1.165, 1.54) is 0 Å². The molecule has 2 unspecified atom stereocenters. The summed E-state index contributed by atoms with van der Waals surface area (Å²) in [4.78, 5) is 14.2. The van der Waals surface area contributed by atoms with Crippen LogP contribution in [0.4, 0.5) is 5.69 Å². The van der Waals surface area contributed by atoms with Gasteiger partial charge in [-0.2, -0.15) is 5.26 Å². The van der Waals surface area contributed by atoms with Crippen LogP contribution in [0.15, 0.2) is 23.1 Å². The number of nitriles is 1. The average Bonchev–Trinajstić information content (AvgIpc) is 2.80. The standard InChI is InChI=1S/C15H18N2O2S/c1-3-20-14-6-4-5-13(12(14)9-16)17-8-7-11(10(17)2)15(18)19/h4-6,10-11H,3,7-8H2,1-2H3,(H,18,19). The molecule has 0 aromatic heterocycles. The first-order valence-electron chi connectivity index (χ1n) is 6.75. The van der Waals surface area contributed by atoms with Gasteiger partial charge in [0.1, 0.15) is 6.07 Å². The van der Waals surface area contributed by atoms with Crippen molar-refractivity contribution in [2.24, 2.45) is 5.92 Å². The summed E-state index contributed by atoms with van der Waals surface area (Å²) < 4.78 is 0. The van der Waals surface area contributed by atoms with E-state index < -0.39 is 5.97 Å². The van der Waals surface area contributed by atoms with Crippen LogP contribution in [0.25, 0.3) is 0 Å². The number of nitrogens with zero attached hydrogens (tertiary/aromatic N) is 2. The largest absolute Gasteiger partial charge is 0.481 e. The molecule has 0 saturated carbocycles. The van der Waals surface area contributed by atoms with E-state index in [-0.39, 0.29) is 12.0 Å². The van der Waals surface area contributed by atoms with Crippen LogP contribution >= 0.6 is 11.8 Å². The normalized spacial score (nSPS) is 21.8. The van der Waals surface area contributed by atoms with Gasteiger partial charge in [0.2, 0.25) is 0 Å². The average molecular weight is 290 g/mol. The third-order valence-corrected chi connectivity index (χ3v) is 4.74. The van der Waals surface area contributed by atoms with E-state index in [0.717, 1.165) is 16.3 Å². The molecule has 0 spiro atoms. The number of hydrogen-bond acceptors (Lipinski definition) is 4. The van der Waals surface area contributed by atoms with Gasteiger partial charge >= 0.3 is 5.97 Å². The van der Waals surface area contributed by atoms with Crippen molar-refractivity contribution in [1.29, 1.82) is 5.26 Å². The van der Waals surface area contributed by atoms with E-state index in [1.54, 1.807) is 11.8 Å². The highest BCUT2D eigenvalue weighted by Gasteiger charge is 2.36. The van der Waals surface area contributed by atoms with Crippen molar-refractivity contribution >= 4 is 23.4 Å². The SMILES string of the molecule is CCSc1cccc(N2CCC(C(=O)O)C2C)c1C#N. The zero-order valence-electron chi connectivity index (χ0n) is 11.7. The summed E-state index contributed by atoms with van der Waals surface area (Å²) >= 11 is 1.64. The lowest BCUT2D eigenvalue weighted by atomic mass is 10.0. The zero-order valence-corrected chi connectivity index (χ0v) is 12.5. The molecule has 1 saturated heterocycles. The number of carboxylic acid groups (broad SMARTS) is 1. The zero-order chi connectivity index (χ0) is 14.7. The van der Waals surface area contributed by atoms with E-state index in [0.29, 0.717) is 18.5 Å². The van der Waals surface area contributed by atoms with Crippen molar-refractivity contribution in [2.75, 3.05) is 17.2 Å². The molecule has 2 atom stereocenters. The molecule has 4 nitrogen and oxygen atoms in total. The van der Waals surface area contributed by atoms with Crippen LogP contribution in [0.1, 0.15) is 25.8 Å². The monoisotopic (exact) mass is 290 g/mol. The molecule has 1 fully saturated rings. The summed E-state index contributed by atoms with van der Waals surface area (Å²) in [5, 5.41) is 18.7. The Labute approximate surface area is 123 Å². The third-order valence-electron chi connectivity index (χ3n) is 3.80. The molecule has 0 amide bonds. The Morgan fingerprint density at radius 3 is 2.90 bits per heavy atom. The molecule has 0 aliphatic carbocycles. The fraction of sp³-hybridized carbons (Fsp3) is 0.467. The topological polar surface area (TPSA) is 64.3 Å². The van der Waals surface area contributed by atoms with E-state index in [2.05, 4.69) is 17.9 Å². The Balaban J connectivity index is 2.37. The van der Waals surface area contributed by atoms with Gasteiger partial charge in [-0.25, -0.2) is 0 Å². The summed E-state index contributed by atoms with van der Waals surface area (Å²) in [6.45, 7) is 4.66. The van der Waals surface area contributed by atoms with Crippen LogP contribution in [0, 0.1) is 17.2 Å². The predicted molar refractivity (Wildman–Crippen MR) is 80.1 cm³/mol. The van der Waals surface area contributed by atoms with Crippen molar-refractivity contribution in [2.45, 2.75) is 31.2 Å². The molecule has 2 rings (SSSR count). The molecule has 0 bridgehead atoms. The molecule has 1 aromatic carbocycles. The lowest BCUT2D eigenvalue weighted by Crippen LogP contribution is -2.33. The van der Waals surface area contributed by atoms with Gasteiger partial charge in [-0.3, -0.25) is 4.79 Å². The molecule has 1 heterocycles. The van der Waals surface area contributed by atoms with E-state index in [1.807, 2.05) is 25.1 Å². The van der Waals surface area contributed by atoms with Gasteiger partial charge in [-0.05, 0) is 31.2 Å². The minimum Gasteiger partial charge on any atom is -0.481 e. The fourth-order valence-electron chi connectivity index (χ4n) is 2.76. The summed E-state index contributed by atoms with van der Waals surface area (Å²) in [5.41, 5.74) is 1.53. The Morgan fingerprint density at radius 2 is 2.35 bits per heavy atom. The second-order valence-electron chi connectivity index (χ2n) is 4.86. The van der Waals surface area contributed by atoms with Gasteiger partial charge in [0.15, 0.2) is 0 Å². The lowest BCUT2D eigenvalue weighted by Gasteiger charge is -2.27. The molecule has 1 aliphatic rings. The van der Waals surface area contributed by atoms with E-state index in [4.69, 9.17) is 0 Å². The fourth-order valence-corrected chi connectivity index (χ4v) is 3.54. The van der Waals surface area contributed by atoms with E-state index >= 15 is 0 Å². The number of thioether (sulfide) groups is 1. The molecule has 1 N–H and O–H groups in total. The summed E-state index contributed by atoms with van der Waals surface area (Å²) in [6.07, 6.45) is 0.631. The highest BCUT2D eigenvalue weighted by atomic mass is 32.2. The summed E-state index contributed by atoms with van der Waals surface area (Å²) in [7, 11) is 0. The number of carboxylic acids is 1. The first-order valence-corrected chi connectivity index (χ1v) is 7.74. The van der Waals surface area contributed by atoms with Crippen LogP contribution in [-0.4, -0.2) is 29.4 Å². The third kappa shape index (κ3) is 2.61. The van der Waals surface area contributed by atoms with Gasteiger partial charge in [-0.15, -0.1) is 11.8 Å². The maximum atomic E-state index is 11.2. The smallest absolute Gasteiger partial charge is 0.308 e. The minimum atomic E-state index is -0.752. The first-order chi connectivity index (χ1) is 9.60. The Bertz CT molecular complexity index is 553. The Hall–Kier alpha value is -1.67. The highest BCUT2D eigenvalue weighted by Crippen LogP contribution is 2.35. The van der Waals surface area contributed by atoms with Crippen LogP contribution in [-0.2, 0) is 4.79 Å². The van der Waals surface area contributed by atoms with Gasteiger partial charge in [0.05, 0.1) is 17.2 Å². The molecule has 1 aromatic rings. The second-order valence-corrected chi connectivity index (χ2v) is 6.17. The van der Waals surface area contributed by atoms with Gasteiger partial charge in [0.25, 0.3) is 0 Å². The highest BCUT2D eigenvalue weighted by molar-refractivity contribution is 7.99. The second kappa shape index (κ2) is 6.19. The van der Waals surface area contributed by atoms with Gasteiger partial charge in [-0.1, -0.05) is 13.0 Å². The number of benzene rings is 1. The minimum absolute atomic E-state index is 0.0820. The maximum absolute atomic E-state index is 11.2. The van der Waals surface area contributed by atoms with Crippen molar-refractivity contribution < 1.29 is 9.90 Å². The number of hydrogen-bond donors (Lipinski definition) is 1. The molecular weight excluding hydrogens is 272 g/mol. The number of aliphatic carboxylic acids is 1. The van der Waals surface area contributed by atoms with Crippen LogP contribution < -0.4 is 4.90 Å². The van der Waals surface area contributed by atoms with Crippen molar-refractivity contribution in [3.63, 3.8) is 0 Å². The Kier molecular flexibility index (Phi) is 4.56. The van der Waals surface area contributed by atoms with Crippen LogP contribution in [0.3, 0.4) is 0 Å². The number of anilines is 1. The quantitative estimate of drug-likeness (QED) is 0.864. The molecule has 20 heavy (non-hydrogen) atoms. The molecular formula is C15H18N2O2S. The van der Waals surface area contributed by atoms with Gasteiger partial charge in [0, 0.05) is 17.5 Å². The Morgan fingerprint density at radius 1 is 1.60 bits per heavy atom. The molecule has 106 valence electrons. The van der Waals surface area contributed by atoms with Crippen LogP contribution in [0.5, 0.6) is 0 Å². The lowest BCUT2D eigenvalue weighted by molar-refractivity contribution is -0.141. The van der Waals surface area contributed by atoms with Crippen LogP contribution in [0.2, 0.25) is 0 Å². The molecule has 0 radical (unpaired) electrons. The van der Waals surface area contributed by atoms with Crippen molar-refractivity contribution in [3.05, 3.63) is 23.8 Å². The van der Waals surface area contributed by atoms with Crippen molar-refractivity contribution in [3.8, 4) is 6.07 Å². The maximum Gasteiger partial charge on any atom is 0.308 e. The summed E-state index contributed by atoms with van der Waals surface area (Å²) in [5.74, 6) is -0.201. The van der Waals surface area contributed by atoms with Gasteiger partial charge < -0.3 is 10.0 Å². The molecule has 1 aliphatic heterocycles. The molecule has 5 heteroatoms. The number of carbonyl (C=O) groups is 1. The van der Waals surface area contributed by atoms with E-state index in [9.17, 15) is 15.2 Å².